The summed E-state index contributed by atoms with van der Waals surface area (Å²) in [6, 6.07) is 0.748. The molecular weight excluding hydrogens is 274 g/mol. The molecule has 0 aromatic heterocycles. The number of hydrogen-bond acceptors (Lipinski definition) is 4. The Morgan fingerprint density at radius 2 is 1.64 bits per heavy atom. The van der Waals surface area contributed by atoms with Gasteiger partial charge < -0.3 is 14.5 Å². The highest BCUT2D eigenvalue weighted by Gasteiger charge is 2.29. The van der Waals surface area contributed by atoms with Crippen LogP contribution in [0.3, 0.4) is 0 Å². The van der Waals surface area contributed by atoms with Crippen molar-refractivity contribution < 1.29 is 4.74 Å². The lowest BCUT2D eigenvalue weighted by Gasteiger charge is -2.34. The monoisotopic (exact) mass is 313 g/mol. The van der Waals surface area contributed by atoms with Crippen molar-refractivity contribution in [2.24, 2.45) is 0 Å². The van der Waals surface area contributed by atoms with Gasteiger partial charge in [-0.3, -0.25) is 4.90 Å². The van der Waals surface area contributed by atoms with E-state index in [1.54, 1.807) is 0 Å². The van der Waals surface area contributed by atoms with Gasteiger partial charge >= 0.3 is 0 Å². The predicted molar refractivity (Wildman–Crippen MR) is 95.6 cm³/mol. The average Bonchev–Trinajstić information content (AvgIpc) is 2.90. The highest BCUT2D eigenvalue weighted by molar-refractivity contribution is 4.83. The number of rotatable bonds is 7. The molecule has 0 N–H and O–H groups in total. The Kier molecular flexibility index (Phi) is 10.3. The van der Waals surface area contributed by atoms with Gasteiger partial charge in [-0.25, -0.2) is 0 Å². The summed E-state index contributed by atoms with van der Waals surface area (Å²) in [5, 5.41) is 0. The maximum absolute atomic E-state index is 6.11. The quantitative estimate of drug-likeness (QED) is 0.719. The zero-order chi connectivity index (χ0) is 16.4. The summed E-state index contributed by atoms with van der Waals surface area (Å²) in [5.74, 6) is 0. The number of nitrogens with zero attached hydrogens (tertiary/aromatic N) is 3. The van der Waals surface area contributed by atoms with Crippen molar-refractivity contribution >= 4 is 0 Å². The predicted octanol–water partition coefficient (Wildman–Crippen LogP) is 2.54. The van der Waals surface area contributed by atoms with Crippen LogP contribution in [0.25, 0.3) is 0 Å². The van der Waals surface area contributed by atoms with Crippen LogP contribution in [-0.2, 0) is 4.74 Å². The Balaban J connectivity index is 0.00000116. The summed E-state index contributed by atoms with van der Waals surface area (Å²) >= 11 is 0. The SMILES string of the molecule is CC.CCCC1CC(OCCN2CCN(CC)CC2)CN1C. The number of hydrogen-bond donors (Lipinski definition) is 0. The molecule has 2 aliphatic rings. The third kappa shape index (κ3) is 6.53. The van der Waals surface area contributed by atoms with Gasteiger partial charge in [-0.15, -0.1) is 0 Å². The van der Waals surface area contributed by atoms with Gasteiger partial charge in [0.25, 0.3) is 0 Å². The summed E-state index contributed by atoms with van der Waals surface area (Å²) in [6.45, 7) is 17.7. The molecular formula is C18H39N3O. The van der Waals surface area contributed by atoms with Crippen LogP contribution in [0.2, 0.25) is 0 Å². The largest absolute Gasteiger partial charge is 0.375 e. The molecule has 0 spiro atoms. The second-order valence-electron chi connectivity index (χ2n) is 6.39. The van der Waals surface area contributed by atoms with Gasteiger partial charge in [-0.2, -0.15) is 0 Å². The number of piperazine rings is 1. The first-order valence-electron chi connectivity index (χ1n) is 9.49. The van der Waals surface area contributed by atoms with E-state index in [0.717, 1.165) is 25.7 Å². The summed E-state index contributed by atoms with van der Waals surface area (Å²) < 4.78 is 6.11. The Morgan fingerprint density at radius 3 is 2.23 bits per heavy atom. The summed E-state index contributed by atoms with van der Waals surface area (Å²) in [6.07, 6.45) is 4.29. The lowest BCUT2D eigenvalue weighted by atomic mass is 10.1. The average molecular weight is 314 g/mol. The molecule has 0 aromatic carbocycles. The van der Waals surface area contributed by atoms with Crippen LogP contribution in [-0.4, -0.2) is 86.3 Å². The van der Waals surface area contributed by atoms with E-state index < -0.39 is 0 Å². The molecule has 2 rings (SSSR count). The highest BCUT2D eigenvalue weighted by atomic mass is 16.5. The van der Waals surface area contributed by atoms with E-state index in [1.165, 1.54) is 52.0 Å². The fourth-order valence-corrected chi connectivity index (χ4v) is 3.50. The van der Waals surface area contributed by atoms with E-state index in [1.807, 2.05) is 13.8 Å². The number of likely N-dealkylation sites (N-methyl/N-ethyl adjacent to an activating group) is 2. The first kappa shape index (κ1) is 19.9. The summed E-state index contributed by atoms with van der Waals surface area (Å²) in [7, 11) is 2.24. The van der Waals surface area contributed by atoms with E-state index in [-0.39, 0.29) is 0 Å². The standard InChI is InChI=1S/C16H33N3O.C2H6/c1-4-6-15-13-16(14-17(15)3)20-12-11-19-9-7-18(5-2)8-10-19;1-2/h15-16H,4-14H2,1-3H3;1-2H3. The van der Waals surface area contributed by atoms with Crippen LogP contribution in [0.15, 0.2) is 0 Å². The molecule has 2 heterocycles. The van der Waals surface area contributed by atoms with Gasteiger partial charge in [-0.1, -0.05) is 34.1 Å². The zero-order valence-electron chi connectivity index (χ0n) is 15.7. The van der Waals surface area contributed by atoms with Crippen molar-refractivity contribution in [2.45, 2.75) is 59.1 Å². The Labute approximate surface area is 138 Å². The number of likely N-dealkylation sites (tertiary alicyclic amines) is 1. The van der Waals surface area contributed by atoms with Gasteiger partial charge in [0.15, 0.2) is 0 Å². The molecule has 22 heavy (non-hydrogen) atoms. The molecule has 0 radical (unpaired) electrons. The molecule has 0 aromatic rings. The maximum atomic E-state index is 6.11. The fraction of sp³-hybridized carbons (Fsp3) is 1.00. The Hall–Kier alpha value is -0.160. The van der Waals surface area contributed by atoms with Crippen LogP contribution >= 0.6 is 0 Å². The first-order valence-corrected chi connectivity index (χ1v) is 9.49. The molecule has 4 nitrogen and oxygen atoms in total. The minimum Gasteiger partial charge on any atom is -0.375 e. The molecule has 2 atom stereocenters. The van der Waals surface area contributed by atoms with Crippen molar-refractivity contribution in [2.75, 3.05) is 59.5 Å². The van der Waals surface area contributed by atoms with Crippen molar-refractivity contribution in [3.8, 4) is 0 Å². The minimum atomic E-state index is 0.466. The highest BCUT2D eigenvalue weighted by Crippen LogP contribution is 2.22. The van der Waals surface area contributed by atoms with Crippen LogP contribution in [0.1, 0.15) is 47.0 Å². The van der Waals surface area contributed by atoms with Crippen molar-refractivity contribution in [1.29, 1.82) is 0 Å². The van der Waals surface area contributed by atoms with Gasteiger partial charge in [0.2, 0.25) is 0 Å². The lowest BCUT2D eigenvalue weighted by molar-refractivity contribution is 0.0335. The molecule has 4 heteroatoms. The molecule has 2 fully saturated rings. The van der Waals surface area contributed by atoms with Gasteiger partial charge in [0, 0.05) is 45.3 Å². The molecule has 0 aliphatic carbocycles. The van der Waals surface area contributed by atoms with Crippen LogP contribution in [0.5, 0.6) is 0 Å². The molecule has 2 aliphatic heterocycles. The van der Waals surface area contributed by atoms with Crippen molar-refractivity contribution in [3.63, 3.8) is 0 Å². The van der Waals surface area contributed by atoms with Crippen LogP contribution in [0.4, 0.5) is 0 Å². The third-order valence-corrected chi connectivity index (χ3v) is 4.95. The van der Waals surface area contributed by atoms with Gasteiger partial charge in [0.1, 0.15) is 0 Å². The topological polar surface area (TPSA) is 19.0 Å². The molecule has 2 saturated heterocycles. The minimum absolute atomic E-state index is 0.466. The Bertz CT molecular complexity index is 267. The van der Waals surface area contributed by atoms with Gasteiger partial charge in [0.05, 0.1) is 12.7 Å². The first-order chi connectivity index (χ1) is 10.7. The molecule has 132 valence electrons. The molecule has 2 unspecified atom stereocenters. The summed E-state index contributed by atoms with van der Waals surface area (Å²) in [5.41, 5.74) is 0. The third-order valence-electron chi connectivity index (χ3n) is 4.95. The maximum Gasteiger partial charge on any atom is 0.0717 e. The van der Waals surface area contributed by atoms with Crippen molar-refractivity contribution in [3.05, 3.63) is 0 Å². The van der Waals surface area contributed by atoms with E-state index in [4.69, 9.17) is 4.74 Å². The van der Waals surface area contributed by atoms with Gasteiger partial charge in [-0.05, 0) is 26.4 Å². The van der Waals surface area contributed by atoms with Crippen molar-refractivity contribution in [1.82, 2.24) is 14.7 Å². The van der Waals surface area contributed by atoms with E-state index in [9.17, 15) is 0 Å². The second-order valence-corrected chi connectivity index (χ2v) is 6.39. The smallest absolute Gasteiger partial charge is 0.0717 e. The molecule has 0 saturated carbocycles. The molecule has 0 amide bonds. The second kappa shape index (κ2) is 11.4. The van der Waals surface area contributed by atoms with Crippen LogP contribution < -0.4 is 0 Å². The fourth-order valence-electron chi connectivity index (χ4n) is 3.50. The van der Waals surface area contributed by atoms with E-state index >= 15 is 0 Å². The van der Waals surface area contributed by atoms with E-state index in [2.05, 4.69) is 35.6 Å². The zero-order valence-corrected chi connectivity index (χ0v) is 15.7. The van der Waals surface area contributed by atoms with Crippen LogP contribution in [0, 0.1) is 0 Å². The Morgan fingerprint density at radius 1 is 1.00 bits per heavy atom. The van der Waals surface area contributed by atoms with E-state index in [0.29, 0.717) is 6.10 Å². The number of ether oxygens (including phenoxy) is 1. The lowest BCUT2D eigenvalue weighted by Crippen LogP contribution is -2.47. The molecule has 0 bridgehead atoms. The normalized spacial score (nSPS) is 27.7. The summed E-state index contributed by atoms with van der Waals surface area (Å²) in [4.78, 5) is 7.56.